The van der Waals surface area contributed by atoms with Gasteiger partial charge in [-0.1, -0.05) is 0 Å². The Balaban J connectivity index is 0.000000318. The van der Waals surface area contributed by atoms with Crippen molar-refractivity contribution < 1.29 is 37.3 Å². The van der Waals surface area contributed by atoms with Gasteiger partial charge in [0.25, 0.3) is 5.91 Å². The molecule has 2 aliphatic heterocycles. The average molecular weight is 445 g/mol. The number of carbonyl (C=O) groups is 2. The molecule has 4 rings (SSSR count). The molecule has 0 aliphatic carbocycles. The lowest BCUT2D eigenvalue weighted by atomic mass is 9.84. The fourth-order valence-corrected chi connectivity index (χ4v) is 3.71. The normalized spacial score (nSPS) is 20.0. The quantitative estimate of drug-likeness (QED) is 0.775. The third-order valence-corrected chi connectivity index (χ3v) is 5.11. The van der Waals surface area contributed by atoms with Gasteiger partial charge in [-0.3, -0.25) is 9.78 Å². The standard InChI is InChI=1S/C16H17N3O3S.C2HF3O2/c20-15(14-8-23-11-18-14)19-9-16(10-19)6-12(3-5-21-16)22-13-2-1-4-17-7-13;3-2(4,5)1(6)7/h1-2,4,7-8,11-12H,3,5-6,9-10H2;(H,6,7). The zero-order valence-corrected chi connectivity index (χ0v) is 16.4. The number of ether oxygens (including phenoxy) is 2. The second-order valence-corrected chi connectivity index (χ2v) is 7.51. The van der Waals surface area contributed by atoms with Gasteiger partial charge in [0, 0.05) is 24.4 Å². The summed E-state index contributed by atoms with van der Waals surface area (Å²) in [5.74, 6) is -1.99. The highest BCUT2D eigenvalue weighted by molar-refractivity contribution is 7.07. The first-order chi connectivity index (χ1) is 14.2. The molecule has 162 valence electrons. The summed E-state index contributed by atoms with van der Waals surface area (Å²) in [5, 5.41) is 8.91. The second-order valence-electron chi connectivity index (χ2n) is 6.79. The molecule has 4 heterocycles. The molecule has 0 saturated carbocycles. The van der Waals surface area contributed by atoms with Crippen LogP contribution in [0.1, 0.15) is 23.3 Å². The van der Waals surface area contributed by atoms with Crippen LogP contribution in [0.25, 0.3) is 0 Å². The van der Waals surface area contributed by atoms with Crippen molar-refractivity contribution in [3.8, 4) is 5.75 Å². The fraction of sp³-hybridized carbons (Fsp3) is 0.444. The van der Waals surface area contributed by atoms with Crippen molar-refractivity contribution in [3.05, 3.63) is 41.1 Å². The molecule has 2 aromatic heterocycles. The van der Waals surface area contributed by atoms with Gasteiger partial charge in [0.2, 0.25) is 0 Å². The van der Waals surface area contributed by atoms with Gasteiger partial charge in [-0.25, -0.2) is 9.78 Å². The number of pyridine rings is 1. The van der Waals surface area contributed by atoms with Crippen molar-refractivity contribution in [1.29, 1.82) is 0 Å². The summed E-state index contributed by atoms with van der Waals surface area (Å²) in [6, 6.07) is 3.77. The smallest absolute Gasteiger partial charge is 0.489 e. The van der Waals surface area contributed by atoms with Gasteiger partial charge in [0.1, 0.15) is 23.1 Å². The van der Waals surface area contributed by atoms with E-state index in [-0.39, 0.29) is 17.6 Å². The van der Waals surface area contributed by atoms with E-state index in [0.29, 0.717) is 25.4 Å². The van der Waals surface area contributed by atoms with E-state index < -0.39 is 12.1 Å². The largest absolute Gasteiger partial charge is 0.490 e. The van der Waals surface area contributed by atoms with Crippen molar-refractivity contribution >= 4 is 23.2 Å². The number of thiazole rings is 1. The number of halogens is 3. The van der Waals surface area contributed by atoms with Gasteiger partial charge < -0.3 is 19.5 Å². The topological polar surface area (TPSA) is 102 Å². The van der Waals surface area contributed by atoms with Crippen LogP contribution in [-0.2, 0) is 9.53 Å². The van der Waals surface area contributed by atoms with Crippen LogP contribution in [0.3, 0.4) is 0 Å². The van der Waals surface area contributed by atoms with E-state index in [9.17, 15) is 18.0 Å². The lowest BCUT2D eigenvalue weighted by Gasteiger charge is -2.52. The molecule has 2 fully saturated rings. The van der Waals surface area contributed by atoms with Gasteiger partial charge in [0.05, 0.1) is 31.4 Å². The first kappa shape index (κ1) is 22.0. The van der Waals surface area contributed by atoms with Crippen LogP contribution in [0.4, 0.5) is 13.2 Å². The average Bonchev–Trinajstić information content (AvgIpc) is 3.21. The van der Waals surface area contributed by atoms with Gasteiger partial charge in [-0.2, -0.15) is 13.2 Å². The van der Waals surface area contributed by atoms with E-state index in [0.717, 1.165) is 18.6 Å². The number of nitrogens with zero attached hydrogens (tertiary/aromatic N) is 3. The summed E-state index contributed by atoms with van der Waals surface area (Å²) in [6.07, 6.45) is 0.122. The molecule has 1 N–H and O–H groups in total. The van der Waals surface area contributed by atoms with Gasteiger partial charge >= 0.3 is 12.1 Å². The summed E-state index contributed by atoms with van der Waals surface area (Å²) in [4.78, 5) is 31.1. The Morgan fingerprint density at radius 2 is 2.10 bits per heavy atom. The minimum absolute atomic E-state index is 0.0178. The first-order valence-electron chi connectivity index (χ1n) is 8.87. The number of aliphatic carboxylic acids is 1. The molecule has 1 unspecified atom stereocenters. The Labute approximate surface area is 173 Å². The van der Waals surface area contributed by atoms with Crippen LogP contribution in [0, 0.1) is 0 Å². The number of carbonyl (C=O) groups excluding carboxylic acids is 1. The lowest BCUT2D eigenvalue weighted by Crippen LogP contribution is -2.67. The molecule has 12 heteroatoms. The van der Waals surface area contributed by atoms with Gasteiger partial charge in [-0.15, -0.1) is 11.3 Å². The third kappa shape index (κ3) is 5.45. The molecule has 0 bridgehead atoms. The monoisotopic (exact) mass is 445 g/mol. The molecule has 8 nitrogen and oxygen atoms in total. The highest BCUT2D eigenvalue weighted by Crippen LogP contribution is 2.36. The molecule has 1 atom stereocenters. The highest BCUT2D eigenvalue weighted by Gasteiger charge is 2.50. The van der Waals surface area contributed by atoms with Crippen LogP contribution in [0.2, 0.25) is 0 Å². The predicted octanol–water partition coefficient (Wildman–Crippen LogP) is 2.62. The third-order valence-electron chi connectivity index (χ3n) is 4.52. The highest BCUT2D eigenvalue weighted by atomic mass is 32.1. The minimum Gasteiger partial charge on any atom is -0.489 e. The number of carboxylic acid groups (broad SMARTS) is 1. The summed E-state index contributed by atoms with van der Waals surface area (Å²) in [6.45, 7) is 1.87. The SMILES string of the molecule is O=C(O)C(F)(F)F.O=C(c1cscn1)N1CC2(CC(Oc3cccnc3)CCO2)C1. The van der Waals surface area contributed by atoms with Crippen LogP contribution >= 0.6 is 11.3 Å². The minimum atomic E-state index is -5.08. The van der Waals surface area contributed by atoms with E-state index in [1.54, 1.807) is 28.2 Å². The second kappa shape index (κ2) is 8.96. The Morgan fingerprint density at radius 3 is 2.67 bits per heavy atom. The van der Waals surface area contributed by atoms with Crippen LogP contribution in [-0.4, -0.2) is 69.4 Å². The summed E-state index contributed by atoms with van der Waals surface area (Å²) >= 11 is 1.43. The Kier molecular flexibility index (Phi) is 6.56. The molecular formula is C18H18F3N3O5S. The molecule has 2 saturated heterocycles. The number of carboxylic acids is 1. The number of hydrogen-bond donors (Lipinski definition) is 1. The molecule has 0 aromatic carbocycles. The lowest BCUT2D eigenvalue weighted by molar-refractivity contribution is -0.192. The van der Waals surface area contributed by atoms with Crippen molar-refractivity contribution in [2.75, 3.05) is 19.7 Å². The maximum atomic E-state index is 12.3. The first-order valence-corrected chi connectivity index (χ1v) is 9.81. The number of amides is 1. The van der Waals surface area contributed by atoms with Gasteiger partial charge in [-0.05, 0) is 12.1 Å². The molecule has 30 heavy (non-hydrogen) atoms. The zero-order valence-electron chi connectivity index (χ0n) is 15.5. The van der Waals surface area contributed by atoms with Crippen molar-refractivity contribution in [3.63, 3.8) is 0 Å². The van der Waals surface area contributed by atoms with E-state index in [4.69, 9.17) is 19.4 Å². The summed E-state index contributed by atoms with van der Waals surface area (Å²) < 4.78 is 43.7. The number of hydrogen-bond acceptors (Lipinski definition) is 7. The van der Waals surface area contributed by atoms with E-state index in [2.05, 4.69) is 9.97 Å². The van der Waals surface area contributed by atoms with Crippen LogP contribution in [0.5, 0.6) is 5.75 Å². The van der Waals surface area contributed by atoms with E-state index in [1.165, 1.54) is 11.3 Å². The maximum absolute atomic E-state index is 12.3. The Hall–Kier alpha value is -2.73. The Bertz CT molecular complexity index is 858. The number of aromatic nitrogens is 2. The van der Waals surface area contributed by atoms with Crippen molar-refractivity contribution in [1.82, 2.24) is 14.9 Å². The zero-order chi connectivity index (χ0) is 21.8. The molecule has 2 aromatic rings. The molecule has 1 amide bonds. The van der Waals surface area contributed by atoms with E-state index >= 15 is 0 Å². The Morgan fingerprint density at radius 1 is 1.37 bits per heavy atom. The summed E-state index contributed by atoms with van der Waals surface area (Å²) in [5.41, 5.74) is 1.93. The number of rotatable bonds is 3. The summed E-state index contributed by atoms with van der Waals surface area (Å²) in [7, 11) is 0. The fourth-order valence-electron chi connectivity index (χ4n) is 3.19. The molecule has 2 aliphatic rings. The number of likely N-dealkylation sites (tertiary alicyclic amines) is 1. The van der Waals surface area contributed by atoms with Crippen molar-refractivity contribution in [2.45, 2.75) is 30.7 Å². The van der Waals surface area contributed by atoms with Gasteiger partial charge in [0.15, 0.2) is 0 Å². The predicted molar refractivity (Wildman–Crippen MR) is 98.3 cm³/mol. The molecule has 1 spiro atoms. The molecular weight excluding hydrogens is 427 g/mol. The maximum Gasteiger partial charge on any atom is 0.490 e. The van der Waals surface area contributed by atoms with Crippen LogP contribution < -0.4 is 4.74 Å². The molecule has 0 radical (unpaired) electrons. The number of alkyl halides is 3. The van der Waals surface area contributed by atoms with Crippen LogP contribution in [0.15, 0.2) is 35.4 Å². The van der Waals surface area contributed by atoms with E-state index in [1.807, 2.05) is 12.1 Å². The van der Waals surface area contributed by atoms with Crippen molar-refractivity contribution in [2.24, 2.45) is 0 Å².